The van der Waals surface area contributed by atoms with Crippen molar-refractivity contribution < 1.29 is 35.1 Å². The Labute approximate surface area is 292 Å². The number of ether oxygens (including phenoxy) is 1. The molecule has 2 aliphatic carbocycles. The van der Waals surface area contributed by atoms with E-state index in [4.69, 9.17) is 21.4 Å². The lowest BCUT2D eigenvalue weighted by Crippen LogP contribution is -2.45. The summed E-state index contributed by atoms with van der Waals surface area (Å²) in [5.41, 5.74) is 4.89. The van der Waals surface area contributed by atoms with Gasteiger partial charge in [0.25, 0.3) is 0 Å². The van der Waals surface area contributed by atoms with E-state index in [2.05, 4.69) is 41.4 Å². The minimum atomic E-state index is -1.68. The zero-order valence-corrected chi connectivity index (χ0v) is 28.9. The van der Waals surface area contributed by atoms with Gasteiger partial charge in [-0.25, -0.2) is 0 Å². The molecule has 2 aromatic carbocycles. The van der Waals surface area contributed by atoms with Crippen molar-refractivity contribution in [3.05, 3.63) is 77.1 Å². The van der Waals surface area contributed by atoms with Crippen molar-refractivity contribution in [2.24, 2.45) is 0 Å². The first-order valence-corrected chi connectivity index (χ1v) is 18.5. The summed E-state index contributed by atoms with van der Waals surface area (Å²) in [5, 5.41) is 48.7. The number of halogens is 1. The second kappa shape index (κ2) is 17.4. The highest BCUT2D eigenvalue weighted by molar-refractivity contribution is 7.99. The second-order valence-corrected chi connectivity index (χ2v) is 14.9. The summed E-state index contributed by atoms with van der Waals surface area (Å²) in [6.45, 7) is -0.733. The Balaban J connectivity index is 1.06. The van der Waals surface area contributed by atoms with E-state index in [9.17, 15) is 25.2 Å². The fourth-order valence-electron chi connectivity index (χ4n) is 6.18. The van der Waals surface area contributed by atoms with Crippen LogP contribution in [0, 0.1) is 0 Å². The Hall–Kier alpha value is -2.50. The van der Waals surface area contributed by atoms with E-state index >= 15 is 0 Å². The molecule has 3 aromatic rings. The first-order valence-electron chi connectivity index (χ1n) is 17.2. The van der Waals surface area contributed by atoms with Gasteiger partial charge in [-0.2, -0.15) is 0 Å². The van der Waals surface area contributed by atoms with Crippen molar-refractivity contribution in [3.8, 4) is 16.9 Å². The van der Waals surface area contributed by atoms with Crippen LogP contribution in [0.3, 0.4) is 0 Å². The van der Waals surface area contributed by atoms with Crippen molar-refractivity contribution >= 4 is 29.1 Å². The molecular formula is C38H48ClNO7S. The average Bonchev–Trinajstić information content (AvgIpc) is 4.05. The number of carbonyl (C=O) groups is 1. The van der Waals surface area contributed by atoms with Crippen molar-refractivity contribution in [3.63, 3.8) is 0 Å². The summed E-state index contributed by atoms with van der Waals surface area (Å²) < 4.78 is 6.27. The normalized spacial score (nSPS) is 17.8. The molecule has 0 radical (unpaired) electrons. The number of rotatable bonds is 21. The third kappa shape index (κ3) is 10.0. The Morgan fingerprint density at radius 2 is 1.73 bits per heavy atom. The van der Waals surface area contributed by atoms with E-state index in [-0.39, 0.29) is 24.0 Å². The highest BCUT2D eigenvalue weighted by Crippen LogP contribution is 2.55. The number of ketones is 1. The SMILES string of the molecule is O=C(CCCCCSc1ccc(Cl)c(CCC2(c3cnccc3-c3ccccc3OC3CC3)CC2)c1)CC[C@H](O)[C@@H](O)[C@H](O)[C@H](O)CO. The first-order chi connectivity index (χ1) is 23.2. The minimum absolute atomic E-state index is 0.0161. The first kappa shape index (κ1) is 36.8. The van der Waals surface area contributed by atoms with Crippen LogP contribution in [-0.4, -0.2) is 79.2 Å². The molecule has 1 aromatic heterocycles. The molecule has 5 rings (SSSR count). The number of Topliss-reactive ketones (excluding diaryl/α,β-unsaturated/α-hetero) is 1. The van der Waals surface area contributed by atoms with Gasteiger partial charge in [0.2, 0.25) is 0 Å². The largest absolute Gasteiger partial charge is 0.490 e. The van der Waals surface area contributed by atoms with E-state index in [0.29, 0.717) is 12.5 Å². The number of pyridine rings is 1. The van der Waals surface area contributed by atoms with Gasteiger partial charge in [0.1, 0.15) is 29.8 Å². The van der Waals surface area contributed by atoms with E-state index < -0.39 is 31.0 Å². The fourth-order valence-corrected chi connectivity index (χ4v) is 7.37. The molecule has 0 unspecified atom stereocenters. The molecule has 8 nitrogen and oxygen atoms in total. The maximum Gasteiger partial charge on any atom is 0.133 e. The van der Waals surface area contributed by atoms with Crippen LogP contribution >= 0.6 is 23.4 Å². The van der Waals surface area contributed by atoms with E-state index in [1.807, 2.05) is 24.5 Å². The standard InChI is InChI=1S/C38H48ClNO7S/c39-32-13-12-28(48-21-5-1-2-6-26(42)9-14-33(43)36(45)37(46)34(44)24-41)22-25(32)15-17-38(18-19-38)31-23-40-20-16-29(31)30-7-3-4-8-35(30)47-27-10-11-27/h3-4,7-8,12-13,16,20,22-23,27,33-34,36-37,41,43-46H,1-2,5-6,9-11,14-15,17-19,21,24H2/t33-,34+,36+,37+/m0/s1. The Bertz CT molecular complexity index is 1500. The molecule has 0 spiro atoms. The third-order valence-electron chi connectivity index (χ3n) is 9.54. The number of para-hydroxylation sites is 1. The molecule has 0 saturated heterocycles. The lowest BCUT2D eigenvalue weighted by molar-refractivity contribution is -0.125. The van der Waals surface area contributed by atoms with Crippen LogP contribution in [0.4, 0.5) is 0 Å². The molecular weight excluding hydrogens is 650 g/mol. The smallest absolute Gasteiger partial charge is 0.133 e. The van der Waals surface area contributed by atoms with Crippen LogP contribution in [0.5, 0.6) is 5.75 Å². The van der Waals surface area contributed by atoms with Gasteiger partial charge in [0.05, 0.1) is 18.8 Å². The average molecular weight is 698 g/mol. The van der Waals surface area contributed by atoms with Gasteiger partial charge in [-0.05, 0) is 116 Å². The summed E-state index contributed by atoms with van der Waals surface area (Å²) in [4.78, 5) is 18.0. The monoisotopic (exact) mass is 697 g/mol. The molecule has 260 valence electrons. The van der Waals surface area contributed by atoms with Gasteiger partial charge in [-0.15, -0.1) is 11.8 Å². The van der Waals surface area contributed by atoms with Crippen LogP contribution in [-0.2, 0) is 16.6 Å². The van der Waals surface area contributed by atoms with Gasteiger partial charge in [0, 0.05) is 40.7 Å². The van der Waals surface area contributed by atoms with Crippen LogP contribution in [0.1, 0.15) is 81.8 Å². The number of nitrogens with zero attached hydrogens (tertiary/aromatic N) is 1. The van der Waals surface area contributed by atoms with Gasteiger partial charge >= 0.3 is 0 Å². The number of aliphatic hydroxyl groups is 5. The van der Waals surface area contributed by atoms with E-state index in [1.165, 1.54) is 16.0 Å². The van der Waals surface area contributed by atoms with E-state index in [0.717, 1.165) is 85.4 Å². The number of aryl methyl sites for hydroxylation is 1. The van der Waals surface area contributed by atoms with Crippen LogP contribution < -0.4 is 4.74 Å². The molecule has 2 aliphatic rings. The molecule has 10 heteroatoms. The van der Waals surface area contributed by atoms with E-state index in [1.54, 1.807) is 11.8 Å². The summed E-state index contributed by atoms with van der Waals surface area (Å²) in [5.74, 6) is 1.86. The van der Waals surface area contributed by atoms with Gasteiger partial charge in [-0.3, -0.25) is 9.78 Å². The molecule has 0 amide bonds. The van der Waals surface area contributed by atoms with Gasteiger partial charge in [-0.1, -0.05) is 36.2 Å². The van der Waals surface area contributed by atoms with Crippen LogP contribution in [0.2, 0.25) is 5.02 Å². The quantitative estimate of drug-likeness (QED) is 0.0665. The number of thioether (sulfide) groups is 1. The number of benzene rings is 2. The Morgan fingerprint density at radius 3 is 2.48 bits per heavy atom. The molecule has 48 heavy (non-hydrogen) atoms. The van der Waals surface area contributed by atoms with Gasteiger partial charge < -0.3 is 30.3 Å². The third-order valence-corrected chi connectivity index (χ3v) is 11.0. The number of unbranched alkanes of at least 4 members (excludes halogenated alkanes) is 2. The number of hydrogen-bond donors (Lipinski definition) is 5. The van der Waals surface area contributed by atoms with Gasteiger partial charge in [0.15, 0.2) is 0 Å². The number of carbonyl (C=O) groups excluding carboxylic acids is 1. The Morgan fingerprint density at radius 1 is 0.958 bits per heavy atom. The van der Waals surface area contributed by atoms with Crippen LogP contribution in [0.15, 0.2) is 65.8 Å². The molecule has 0 bridgehead atoms. The molecule has 4 atom stereocenters. The Kier molecular flexibility index (Phi) is 13.4. The zero-order valence-electron chi connectivity index (χ0n) is 27.3. The van der Waals surface area contributed by atoms with Crippen molar-refractivity contribution in [1.29, 1.82) is 0 Å². The second-order valence-electron chi connectivity index (χ2n) is 13.3. The molecule has 2 fully saturated rings. The lowest BCUT2D eigenvalue weighted by atomic mass is 9.85. The molecule has 0 aliphatic heterocycles. The molecule has 2 saturated carbocycles. The summed E-state index contributed by atoms with van der Waals surface area (Å²) in [7, 11) is 0. The predicted octanol–water partition coefficient (Wildman–Crippen LogP) is 6.05. The number of aromatic nitrogens is 1. The summed E-state index contributed by atoms with van der Waals surface area (Å²) in [6, 6.07) is 16.7. The predicted molar refractivity (Wildman–Crippen MR) is 189 cm³/mol. The maximum atomic E-state index is 12.3. The molecule has 5 N–H and O–H groups in total. The fraction of sp³-hybridized carbons (Fsp3) is 0.526. The maximum absolute atomic E-state index is 12.3. The summed E-state index contributed by atoms with van der Waals surface area (Å²) >= 11 is 8.48. The number of aliphatic hydroxyl groups excluding tert-OH is 5. The molecule has 1 heterocycles. The number of hydrogen-bond acceptors (Lipinski definition) is 9. The van der Waals surface area contributed by atoms with Crippen molar-refractivity contribution in [1.82, 2.24) is 4.98 Å². The lowest BCUT2D eigenvalue weighted by Gasteiger charge is -2.25. The van der Waals surface area contributed by atoms with Crippen molar-refractivity contribution in [2.45, 2.75) is 118 Å². The zero-order chi connectivity index (χ0) is 34.1. The summed E-state index contributed by atoms with van der Waals surface area (Å²) in [6.07, 6.45) is 7.48. The minimum Gasteiger partial charge on any atom is -0.490 e. The highest BCUT2D eigenvalue weighted by atomic mass is 35.5. The van der Waals surface area contributed by atoms with Crippen molar-refractivity contribution in [2.75, 3.05) is 12.4 Å². The van der Waals surface area contributed by atoms with Crippen LogP contribution in [0.25, 0.3) is 11.1 Å². The topological polar surface area (TPSA) is 140 Å². The highest BCUT2D eigenvalue weighted by Gasteiger charge is 2.45.